The van der Waals surface area contributed by atoms with Gasteiger partial charge >= 0.3 is 0 Å². The van der Waals surface area contributed by atoms with E-state index in [1.165, 1.54) is 6.07 Å². The molecule has 0 aliphatic rings. The Labute approximate surface area is 156 Å². The topological polar surface area (TPSA) is 34.6 Å². The first kappa shape index (κ1) is 18.4. The van der Waals surface area contributed by atoms with Crippen molar-refractivity contribution in [2.24, 2.45) is 0 Å². The molecule has 0 unspecified atom stereocenters. The van der Waals surface area contributed by atoms with E-state index in [1.807, 2.05) is 36.7 Å². The highest BCUT2D eigenvalue weighted by Crippen LogP contribution is 2.33. The number of rotatable bonds is 7. The van der Waals surface area contributed by atoms with Gasteiger partial charge in [0.2, 0.25) is 0 Å². The second-order valence-corrected chi connectivity index (χ2v) is 6.87. The zero-order valence-electron chi connectivity index (χ0n) is 15.0. The summed E-state index contributed by atoms with van der Waals surface area (Å²) in [6.45, 7) is 1.36. The fraction of sp³-hybridized carbons (Fsp3) is 0.250. The summed E-state index contributed by atoms with van der Waals surface area (Å²) in [5.74, 6) is 1.17. The molecule has 0 spiro atoms. The second kappa shape index (κ2) is 8.29. The van der Waals surface area contributed by atoms with Crippen LogP contribution >= 0.6 is 11.3 Å². The van der Waals surface area contributed by atoms with Crippen LogP contribution in [0.1, 0.15) is 11.3 Å². The summed E-state index contributed by atoms with van der Waals surface area (Å²) in [6.07, 6.45) is 0. The first-order valence-electron chi connectivity index (χ1n) is 8.19. The summed E-state index contributed by atoms with van der Waals surface area (Å²) in [5.41, 5.74) is 2.92. The molecule has 2 aromatic carbocycles. The highest BCUT2D eigenvalue weighted by atomic mass is 32.1. The number of nitrogens with zero attached hydrogens (tertiary/aromatic N) is 2. The lowest BCUT2D eigenvalue weighted by Gasteiger charge is -2.15. The molecule has 0 saturated carbocycles. The van der Waals surface area contributed by atoms with Crippen molar-refractivity contribution in [2.45, 2.75) is 13.1 Å². The number of thiazole rings is 1. The van der Waals surface area contributed by atoms with Crippen molar-refractivity contribution in [3.8, 4) is 22.1 Å². The molecular formula is C20H21FN2O2S. The predicted molar refractivity (Wildman–Crippen MR) is 102 cm³/mol. The number of hydrogen-bond acceptors (Lipinski definition) is 5. The number of aromatic nitrogens is 1. The van der Waals surface area contributed by atoms with Gasteiger partial charge < -0.3 is 9.47 Å². The lowest BCUT2D eigenvalue weighted by Crippen LogP contribution is -2.17. The van der Waals surface area contributed by atoms with Gasteiger partial charge in [-0.3, -0.25) is 4.90 Å². The third kappa shape index (κ3) is 4.39. The van der Waals surface area contributed by atoms with Crippen molar-refractivity contribution >= 4 is 11.3 Å². The van der Waals surface area contributed by atoms with E-state index in [9.17, 15) is 4.39 Å². The van der Waals surface area contributed by atoms with Crippen molar-refractivity contribution in [1.82, 2.24) is 9.88 Å². The maximum atomic E-state index is 13.3. The van der Waals surface area contributed by atoms with Gasteiger partial charge in [-0.05, 0) is 42.9 Å². The standard InChI is InChI=1S/C20H21FN2O2S/c1-23(11-14-5-4-6-16(21)9-14)12-17-13-26-20(22-17)15-7-8-18(24-2)19(10-15)25-3/h4-10,13H,11-12H2,1-3H3. The molecular weight excluding hydrogens is 351 g/mol. The van der Waals surface area contributed by atoms with E-state index in [4.69, 9.17) is 14.5 Å². The van der Waals surface area contributed by atoms with Gasteiger partial charge in [0.1, 0.15) is 10.8 Å². The highest BCUT2D eigenvalue weighted by molar-refractivity contribution is 7.13. The van der Waals surface area contributed by atoms with Crippen LogP contribution in [0.3, 0.4) is 0 Å². The molecule has 0 atom stereocenters. The maximum Gasteiger partial charge on any atom is 0.161 e. The molecule has 1 heterocycles. The molecule has 3 rings (SSSR count). The van der Waals surface area contributed by atoms with Crippen LogP contribution < -0.4 is 9.47 Å². The van der Waals surface area contributed by atoms with Crippen LogP contribution in [0.15, 0.2) is 47.8 Å². The van der Waals surface area contributed by atoms with Crippen molar-refractivity contribution < 1.29 is 13.9 Å². The third-order valence-corrected chi connectivity index (χ3v) is 4.90. The quantitative estimate of drug-likeness (QED) is 0.607. The molecule has 4 nitrogen and oxygen atoms in total. The Hall–Kier alpha value is -2.44. The van der Waals surface area contributed by atoms with E-state index in [0.29, 0.717) is 24.6 Å². The maximum absolute atomic E-state index is 13.3. The number of methoxy groups -OCH3 is 2. The Morgan fingerprint density at radius 3 is 2.58 bits per heavy atom. The first-order valence-corrected chi connectivity index (χ1v) is 9.07. The molecule has 136 valence electrons. The van der Waals surface area contributed by atoms with Gasteiger partial charge in [-0.2, -0.15) is 0 Å². The van der Waals surface area contributed by atoms with E-state index in [1.54, 1.807) is 37.7 Å². The minimum Gasteiger partial charge on any atom is -0.493 e. The Kier molecular flexibility index (Phi) is 5.85. The molecule has 0 saturated heterocycles. The average Bonchev–Trinajstić information content (AvgIpc) is 3.09. The summed E-state index contributed by atoms with van der Waals surface area (Å²) < 4.78 is 23.9. The average molecular weight is 372 g/mol. The Balaban J connectivity index is 1.69. The van der Waals surface area contributed by atoms with Gasteiger partial charge in [0.15, 0.2) is 11.5 Å². The highest BCUT2D eigenvalue weighted by Gasteiger charge is 2.11. The van der Waals surface area contributed by atoms with E-state index < -0.39 is 0 Å². The monoisotopic (exact) mass is 372 g/mol. The van der Waals surface area contributed by atoms with Crippen LogP contribution in [-0.2, 0) is 13.1 Å². The zero-order valence-corrected chi connectivity index (χ0v) is 15.8. The zero-order chi connectivity index (χ0) is 18.5. The van der Waals surface area contributed by atoms with Crippen LogP contribution in [0.25, 0.3) is 10.6 Å². The molecule has 0 fully saturated rings. The normalized spacial score (nSPS) is 11.0. The number of hydrogen-bond donors (Lipinski definition) is 0. The van der Waals surface area contributed by atoms with Crippen LogP contribution in [0.4, 0.5) is 4.39 Å². The summed E-state index contributed by atoms with van der Waals surface area (Å²) in [6, 6.07) is 12.5. The summed E-state index contributed by atoms with van der Waals surface area (Å²) in [4.78, 5) is 6.83. The molecule has 3 aromatic rings. The molecule has 0 aliphatic carbocycles. The molecule has 0 bridgehead atoms. The van der Waals surface area contributed by atoms with Gasteiger partial charge in [-0.1, -0.05) is 12.1 Å². The van der Waals surface area contributed by atoms with Crippen molar-refractivity contribution in [3.05, 3.63) is 64.9 Å². The smallest absolute Gasteiger partial charge is 0.161 e. The fourth-order valence-electron chi connectivity index (χ4n) is 2.76. The van der Waals surface area contributed by atoms with Gasteiger partial charge in [-0.25, -0.2) is 9.37 Å². The lowest BCUT2D eigenvalue weighted by atomic mass is 10.2. The van der Waals surface area contributed by atoms with Crippen LogP contribution in [0, 0.1) is 5.82 Å². The summed E-state index contributed by atoms with van der Waals surface area (Å²) in [5, 5.41) is 2.98. The van der Waals surface area contributed by atoms with Gasteiger partial charge in [-0.15, -0.1) is 11.3 Å². The van der Waals surface area contributed by atoms with Crippen molar-refractivity contribution in [3.63, 3.8) is 0 Å². The number of ether oxygens (including phenoxy) is 2. The van der Waals surface area contributed by atoms with Gasteiger partial charge in [0, 0.05) is 24.0 Å². The molecule has 26 heavy (non-hydrogen) atoms. The number of halogens is 1. The van der Waals surface area contributed by atoms with Gasteiger partial charge in [0.05, 0.1) is 19.9 Å². The van der Waals surface area contributed by atoms with E-state index in [0.717, 1.165) is 21.8 Å². The van der Waals surface area contributed by atoms with Gasteiger partial charge in [0.25, 0.3) is 0 Å². The first-order chi connectivity index (χ1) is 12.6. The Bertz CT molecular complexity index is 882. The molecule has 0 aliphatic heterocycles. The Morgan fingerprint density at radius 2 is 1.85 bits per heavy atom. The van der Waals surface area contributed by atoms with E-state index >= 15 is 0 Å². The van der Waals surface area contributed by atoms with Crippen LogP contribution in [0.5, 0.6) is 11.5 Å². The number of benzene rings is 2. The van der Waals surface area contributed by atoms with E-state index in [2.05, 4.69) is 4.90 Å². The van der Waals surface area contributed by atoms with Crippen molar-refractivity contribution in [2.75, 3.05) is 21.3 Å². The lowest BCUT2D eigenvalue weighted by molar-refractivity contribution is 0.315. The van der Waals surface area contributed by atoms with E-state index in [-0.39, 0.29) is 5.82 Å². The third-order valence-electron chi connectivity index (χ3n) is 3.96. The molecule has 0 radical (unpaired) electrons. The SMILES string of the molecule is COc1ccc(-c2nc(CN(C)Cc3cccc(F)c3)cs2)cc1OC. The predicted octanol–water partition coefficient (Wildman–Crippen LogP) is 4.60. The summed E-state index contributed by atoms with van der Waals surface area (Å²) >= 11 is 1.59. The second-order valence-electron chi connectivity index (χ2n) is 6.02. The van der Waals surface area contributed by atoms with Crippen LogP contribution in [0.2, 0.25) is 0 Å². The molecule has 0 amide bonds. The Morgan fingerprint density at radius 1 is 1.04 bits per heavy atom. The largest absolute Gasteiger partial charge is 0.493 e. The fourth-order valence-corrected chi connectivity index (χ4v) is 3.57. The molecule has 0 N–H and O–H groups in total. The molecule has 6 heteroatoms. The minimum atomic E-state index is -0.208. The van der Waals surface area contributed by atoms with Crippen molar-refractivity contribution in [1.29, 1.82) is 0 Å². The molecule has 1 aromatic heterocycles. The summed E-state index contributed by atoms with van der Waals surface area (Å²) in [7, 11) is 5.24. The minimum absolute atomic E-state index is 0.208. The van der Waals surface area contributed by atoms with Crippen LogP contribution in [-0.4, -0.2) is 31.2 Å².